The van der Waals surface area contributed by atoms with Crippen LogP contribution in [0.1, 0.15) is 32.0 Å². The maximum absolute atomic E-state index is 12.4. The predicted molar refractivity (Wildman–Crippen MR) is 96.3 cm³/mol. The average molecular weight is 328 g/mol. The molecule has 0 aliphatic rings. The Morgan fingerprint density at radius 2 is 1.91 bits per heavy atom. The summed E-state index contributed by atoms with van der Waals surface area (Å²) in [5, 5.41) is 5.29. The molecule has 0 radical (unpaired) electrons. The molecule has 5 heteroatoms. The Labute approximate surface area is 138 Å². The van der Waals surface area contributed by atoms with Crippen LogP contribution in [-0.4, -0.2) is 29.5 Å². The molecule has 122 valence electrons. The molecule has 0 N–H and O–H groups in total. The van der Waals surface area contributed by atoms with Crippen molar-refractivity contribution in [2.75, 3.05) is 0 Å². The second-order valence-corrected chi connectivity index (χ2v) is 12.5. The summed E-state index contributed by atoms with van der Waals surface area (Å²) in [5.74, 6) is 3.16. The molecule has 0 amide bonds. The fraction of sp³-hybridized carbons (Fsp3) is 0.444. The predicted octanol–water partition coefficient (Wildman–Crippen LogP) is 4.36. The van der Waals surface area contributed by atoms with Crippen LogP contribution < -0.4 is 0 Å². The number of hydrogen-bond acceptors (Lipinski definition) is 3. The molecule has 0 saturated carbocycles. The first-order valence-electron chi connectivity index (χ1n) is 7.72. The van der Waals surface area contributed by atoms with E-state index in [0.717, 1.165) is 16.5 Å². The summed E-state index contributed by atoms with van der Waals surface area (Å²) < 4.78 is 6.77. The van der Waals surface area contributed by atoms with E-state index >= 15 is 0 Å². The molecule has 0 bridgehead atoms. The molecule has 2 aromatic rings. The molecule has 0 saturated heterocycles. The van der Waals surface area contributed by atoms with E-state index in [1.807, 2.05) is 45.9 Å². The van der Waals surface area contributed by atoms with Gasteiger partial charge in [-0.25, -0.2) is 4.79 Å². The van der Waals surface area contributed by atoms with Gasteiger partial charge in [0, 0.05) is 5.39 Å². The topological polar surface area (TPSA) is 44.1 Å². The Balaban J connectivity index is 2.59. The van der Waals surface area contributed by atoms with Crippen LogP contribution in [0.15, 0.2) is 18.2 Å². The van der Waals surface area contributed by atoms with Crippen molar-refractivity contribution in [3.8, 4) is 11.5 Å². The lowest BCUT2D eigenvalue weighted by molar-refractivity contribution is 0.0522. The number of benzene rings is 1. The van der Waals surface area contributed by atoms with Crippen molar-refractivity contribution in [2.24, 2.45) is 0 Å². The molecule has 1 aromatic carbocycles. The van der Waals surface area contributed by atoms with Crippen molar-refractivity contribution in [2.45, 2.75) is 52.9 Å². The lowest BCUT2D eigenvalue weighted by Gasteiger charge is -2.19. The molecule has 0 spiro atoms. The molecule has 0 atom stereocenters. The fourth-order valence-electron chi connectivity index (χ4n) is 2.01. The van der Waals surface area contributed by atoms with Crippen LogP contribution in [0.4, 0.5) is 4.79 Å². The number of fused-ring (bicyclic) bond motifs is 1. The van der Waals surface area contributed by atoms with Crippen molar-refractivity contribution < 1.29 is 9.53 Å². The molecular weight excluding hydrogens is 304 g/mol. The van der Waals surface area contributed by atoms with Gasteiger partial charge in [-0.15, -0.1) is 5.54 Å². The number of carbonyl (C=O) groups excluding carboxylic acids is 1. The third-order valence-electron chi connectivity index (χ3n) is 2.96. The van der Waals surface area contributed by atoms with E-state index in [1.54, 1.807) is 0 Å². The van der Waals surface area contributed by atoms with Crippen LogP contribution in [0, 0.1) is 18.4 Å². The smallest absolute Gasteiger partial charge is 0.435 e. The Hall–Kier alpha value is -2.06. The molecule has 0 unspecified atom stereocenters. The van der Waals surface area contributed by atoms with Gasteiger partial charge in [0.25, 0.3) is 0 Å². The summed E-state index contributed by atoms with van der Waals surface area (Å²) in [5.41, 5.74) is 5.17. The minimum atomic E-state index is -1.52. The van der Waals surface area contributed by atoms with Crippen molar-refractivity contribution in [1.82, 2.24) is 9.78 Å². The summed E-state index contributed by atoms with van der Waals surface area (Å²) in [6.45, 7) is 14.0. The molecule has 2 rings (SSSR count). The van der Waals surface area contributed by atoms with Crippen LogP contribution in [-0.2, 0) is 4.74 Å². The summed E-state index contributed by atoms with van der Waals surface area (Å²) in [6.07, 6.45) is -0.478. The first-order valence-corrected chi connectivity index (χ1v) is 11.2. The highest BCUT2D eigenvalue weighted by Crippen LogP contribution is 2.21. The van der Waals surface area contributed by atoms with Gasteiger partial charge < -0.3 is 4.74 Å². The number of ether oxygens (including phenoxy) is 1. The maximum atomic E-state index is 12.4. The lowest BCUT2D eigenvalue weighted by Crippen LogP contribution is -2.27. The number of aryl methyl sites for hydroxylation is 1. The summed E-state index contributed by atoms with van der Waals surface area (Å²) in [7, 11) is -1.52. The van der Waals surface area contributed by atoms with Gasteiger partial charge in [-0.05, 0) is 45.4 Å². The minimum absolute atomic E-state index is 0.478. The summed E-state index contributed by atoms with van der Waals surface area (Å²) >= 11 is 0. The third-order valence-corrected chi connectivity index (χ3v) is 3.83. The Bertz CT molecular complexity index is 812. The summed E-state index contributed by atoms with van der Waals surface area (Å²) in [6, 6.07) is 5.90. The standard InChI is InChI=1S/C18H24N2O2Si/c1-13-8-9-14-15(10-11-23(5,6)7)19-20(16(14)12-13)17(21)22-18(2,3)4/h8-9,12H,1-7H3. The summed E-state index contributed by atoms with van der Waals surface area (Å²) in [4.78, 5) is 12.4. The first kappa shape index (κ1) is 17.3. The molecule has 23 heavy (non-hydrogen) atoms. The van der Waals surface area contributed by atoms with E-state index in [4.69, 9.17) is 4.74 Å². The van der Waals surface area contributed by atoms with Gasteiger partial charge in [-0.1, -0.05) is 31.6 Å². The van der Waals surface area contributed by atoms with E-state index in [-0.39, 0.29) is 0 Å². The lowest BCUT2D eigenvalue weighted by atomic mass is 10.1. The van der Waals surface area contributed by atoms with E-state index < -0.39 is 19.8 Å². The van der Waals surface area contributed by atoms with Gasteiger partial charge in [-0.2, -0.15) is 9.78 Å². The van der Waals surface area contributed by atoms with Crippen molar-refractivity contribution >= 4 is 25.1 Å². The van der Waals surface area contributed by atoms with E-state index in [2.05, 4.69) is 36.2 Å². The zero-order valence-corrected chi connectivity index (χ0v) is 15.9. The van der Waals surface area contributed by atoms with Gasteiger partial charge in [0.05, 0.1) is 5.52 Å². The number of aromatic nitrogens is 2. The Morgan fingerprint density at radius 1 is 1.26 bits per heavy atom. The SMILES string of the molecule is Cc1ccc2c(C#C[Si](C)(C)C)nn(C(=O)OC(C)(C)C)c2c1. The highest BCUT2D eigenvalue weighted by atomic mass is 28.3. The van der Waals surface area contributed by atoms with Crippen molar-refractivity contribution in [3.63, 3.8) is 0 Å². The number of carbonyl (C=O) groups is 1. The van der Waals surface area contributed by atoms with Gasteiger partial charge in [0.2, 0.25) is 0 Å². The molecular formula is C18H24N2O2Si. The number of hydrogen-bond donors (Lipinski definition) is 0. The van der Waals surface area contributed by atoms with Gasteiger partial charge in [0.15, 0.2) is 0 Å². The maximum Gasteiger partial charge on any atom is 0.435 e. The zero-order valence-electron chi connectivity index (χ0n) is 14.9. The van der Waals surface area contributed by atoms with Crippen molar-refractivity contribution in [1.29, 1.82) is 0 Å². The Morgan fingerprint density at radius 3 is 2.48 bits per heavy atom. The average Bonchev–Trinajstić information content (AvgIpc) is 2.71. The molecule has 0 fully saturated rings. The Kier molecular flexibility index (Phi) is 4.40. The third kappa shape index (κ3) is 4.46. The number of nitrogens with zero attached hydrogens (tertiary/aromatic N) is 2. The molecule has 4 nitrogen and oxygen atoms in total. The minimum Gasteiger partial charge on any atom is -0.442 e. The highest BCUT2D eigenvalue weighted by Gasteiger charge is 2.22. The largest absolute Gasteiger partial charge is 0.442 e. The highest BCUT2D eigenvalue weighted by molar-refractivity contribution is 6.83. The second kappa shape index (κ2) is 5.86. The first-order chi connectivity index (χ1) is 10.5. The van der Waals surface area contributed by atoms with Gasteiger partial charge >= 0.3 is 6.09 Å². The van der Waals surface area contributed by atoms with E-state index in [1.165, 1.54) is 4.68 Å². The molecule has 1 heterocycles. The van der Waals surface area contributed by atoms with Crippen molar-refractivity contribution in [3.05, 3.63) is 29.5 Å². The zero-order chi connectivity index (χ0) is 17.4. The van der Waals surface area contributed by atoms with E-state index in [0.29, 0.717) is 5.69 Å². The number of rotatable bonds is 0. The fourth-order valence-corrected chi connectivity index (χ4v) is 2.50. The normalized spacial score (nSPS) is 12.0. The van der Waals surface area contributed by atoms with E-state index in [9.17, 15) is 4.79 Å². The van der Waals surface area contributed by atoms with Gasteiger partial charge in [-0.3, -0.25) is 0 Å². The molecule has 0 aliphatic carbocycles. The molecule has 1 aromatic heterocycles. The second-order valence-electron chi connectivity index (χ2n) is 7.76. The molecule has 0 aliphatic heterocycles. The van der Waals surface area contributed by atoms with Crippen LogP contribution >= 0.6 is 0 Å². The quantitative estimate of drug-likeness (QED) is 0.533. The van der Waals surface area contributed by atoms with Crippen LogP contribution in [0.3, 0.4) is 0 Å². The van der Waals surface area contributed by atoms with Crippen LogP contribution in [0.25, 0.3) is 10.9 Å². The van der Waals surface area contributed by atoms with Crippen LogP contribution in [0.5, 0.6) is 0 Å². The monoisotopic (exact) mass is 328 g/mol. The van der Waals surface area contributed by atoms with Gasteiger partial charge in [0.1, 0.15) is 19.4 Å². The van der Waals surface area contributed by atoms with Crippen LogP contribution in [0.2, 0.25) is 19.6 Å².